The van der Waals surface area contributed by atoms with E-state index in [-0.39, 0.29) is 40.7 Å². The van der Waals surface area contributed by atoms with Crippen molar-refractivity contribution >= 4 is 21.7 Å². The van der Waals surface area contributed by atoms with Gasteiger partial charge in [0.05, 0.1) is 18.6 Å². The van der Waals surface area contributed by atoms with Crippen LogP contribution in [-0.4, -0.2) is 67.6 Å². The average Bonchev–Trinajstić information content (AvgIpc) is 3.30. The van der Waals surface area contributed by atoms with Crippen LogP contribution in [0, 0.1) is 0 Å². The van der Waals surface area contributed by atoms with E-state index < -0.39 is 28.3 Å². The molecule has 1 saturated carbocycles. The average molecular weight is 411 g/mol. The molecule has 9 heteroatoms. The molecule has 1 unspecified atom stereocenters. The lowest BCUT2D eigenvalue weighted by molar-refractivity contribution is -0.139. The third-order valence-corrected chi connectivity index (χ3v) is 7.12. The second kappa shape index (κ2) is 8.38. The van der Waals surface area contributed by atoms with Gasteiger partial charge in [0.2, 0.25) is 0 Å². The topological polar surface area (TPSA) is 110 Å². The Kier molecular flexibility index (Phi) is 6.12. The molecule has 0 bridgehead atoms. The molecule has 1 aliphatic carbocycles. The van der Waals surface area contributed by atoms with Crippen LogP contribution in [0.5, 0.6) is 11.5 Å². The standard InChI is InChI=1S/C19H25NO7S/c1-26-16-8-4-7-15(18(16)22)19(23)27-11-17(21)20(13-5-2-3-6-13)14-9-10-28(24,25)12-14/h4,7-8,13-14,22H,2-3,5-6,9-12H2,1H3. The summed E-state index contributed by atoms with van der Waals surface area (Å²) in [4.78, 5) is 26.8. The SMILES string of the molecule is COc1cccc(C(=O)OCC(=O)N(C2CCCC2)C2CCS(=O)(=O)C2)c1O. The fourth-order valence-corrected chi connectivity index (χ4v) is 5.73. The first-order chi connectivity index (χ1) is 13.3. The number of carbonyl (C=O) groups excluding carboxylic acids is 2. The lowest BCUT2D eigenvalue weighted by Crippen LogP contribution is -2.48. The fraction of sp³-hybridized carbons (Fsp3) is 0.579. The Hall–Kier alpha value is -2.29. The third kappa shape index (κ3) is 4.40. The van der Waals surface area contributed by atoms with Gasteiger partial charge in [-0.2, -0.15) is 0 Å². The van der Waals surface area contributed by atoms with Crippen molar-refractivity contribution in [2.75, 3.05) is 25.2 Å². The number of phenols is 1. The number of rotatable bonds is 6. The molecule has 0 aromatic heterocycles. The van der Waals surface area contributed by atoms with E-state index >= 15 is 0 Å². The molecule has 2 fully saturated rings. The van der Waals surface area contributed by atoms with Gasteiger partial charge in [0.25, 0.3) is 5.91 Å². The zero-order chi connectivity index (χ0) is 20.3. The first kappa shape index (κ1) is 20.4. The van der Waals surface area contributed by atoms with Gasteiger partial charge in [-0.25, -0.2) is 13.2 Å². The summed E-state index contributed by atoms with van der Waals surface area (Å²) in [5.74, 6) is -1.42. The van der Waals surface area contributed by atoms with Gasteiger partial charge in [-0.1, -0.05) is 18.9 Å². The molecular formula is C19H25NO7S. The number of nitrogens with zero attached hydrogens (tertiary/aromatic N) is 1. The summed E-state index contributed by atoms with van der Waals surface area (Å²) in [5.41, 5.74) is -0.0944. The van der Waals surface area contributed by atoms with Crippen molar-refractivity contribution in [1.82, 2.24) is 4.90 Å². The van der Waals surface area contributed by atoms with Gasteiger partial charge in [-0.15, -0.1) is 0 Å². The largest absolute Gasteiger partial charge is 0.504 e. The van der Waals surface area contributed by atoms with E-state index in [1.165, 1.54) is 25.3 Å². The predicted molar refractivity (Wildman–Crippen MR) is 101 cm³/mol. The second-order valence-electron chi connectivity index (χ2n) is 7.23. The number of hydrogen-bond donors (Lipinski definition) is 1. The summed E-state index contributed by atoms with van der Waals surface area (Å²) in [6.45, 7) is -0.497. The maximum Gasteiger partial charge on any atom is 0.342 e. The first-order valence-corrected chi connectivity index (χ1v) is 11.2. The Bertz CT molecular complexity index is 846. The van der Waals surface area contributed by atoms with Crippen molar-refractivity contribution in [2.24, 2.45) is 0 Å². The minimum absolute atomic E-state index is 0.0188. The van der Waals surface area contributed by atoms with Crippen LogP contribution in [0.1, 0.15) is 42.5 Å². The highest BCUT2D eigenvalue weighted by Gasteiger charge is 2.39. The number of benzene rings is 1. The van der Waals surface area contributed by atoms with E-state index in [2.05, 4.69) is 0 Å². The van der Waals surface area contributed by atoms with Crippen LogP contribution in [0.2, 0.25) is 0 Å². The molecule has 2 aliphatic rings. The van der Waals surface area contributed by atoms with Gasteiger partial charge in [0, 0.05) is 12.1 Å². The maximum absolute atomic E-state index is 12.8. The van der Waals surface area contributed by atoms with Gasteiger partial charge in [-0.05, 0) is 31.4 Å². The summed E-state index contributed by atoms with van der Waals surface area (Å²) in [6.07, 6.45) is 4.05. The highest BCUT2D eigenvalue weighted by Crippen LogP contribution is 2.31. The van der Waals surface area contributed by atoms with Crippen LogP contribution in [0.3, 0.4) is 0 Å². The van der Waals surface area contributed by atoms with Crippen LogP contribution in [-0.2, 0) is 19.4 Å². The van der Waals surface area contributed by atoms with E-state index in [4.69, 9.17) is 9.47 Å². The molecule has 1 amide bonds. The van der Waals surface area contributed by atoms with Gasteiger partial charge >= 0.3 is 5.97 Å². The van der Waals surface area contributed by atoms with Crippen molar-refractivity contribution in [3.05, 3.63) is 23.8 Å². The normalized spacial score (nSPS) is 21.4. The highest BCUT2D eigenvalue weighted by atomic mass is 32.2. The van der Waals surface area contributed by atoms with E-state index in [1.54, 1.807) is 4.90 Å². The minimum Gasteiger partial charge on any atom is -0.504 e. The summed E-state index contributed by atoms with van der Waals surface area (Å²) in [5, 5.41) is 10.0. The number of carbonyl (C=O) groups is 2. The molecule has 1 N–H and O–H groups in total. The van der Waals surface area contributed by atoms with Gasteiger partial charge in [0.15, 0.2) is 27.9 Å². The molecule has 8 nitrogen and oxygen atoms in total. The second-order valence-corrected chi connectivity index (χ2v) is 9.46. The van der Waals surface area contributed by atoms with Crippen molar-refractivity contribution < 1.29 is 32.6 Å². The third-order valence-electron chi connectivity index (χ3n) is 5.37. The van der Waals surface area contributed by atoms with E-state index in [1.807, 2.05) is 0 Å². The lowest BCUT2D eigenvalue weighted by atomic mass is 10.1. The number of esters is 1. The van der Waals surface area contributed by atoms with Crippen molar-refractivity contribution in [3.63, 3.8) is 0 Å². The maximum atomic E-state index is 12.8. The Morgan fingerprint density at radius 3 is 2.50 bits per heavy atom. The molecule has 1 saturated heterocycles. The van der Waals surface area contributed by atoms with Gasteiger partial charge in [-0.3, -0.25) is 4.79 Å². The Balaban J connectivity index is 1.69. The van der Waals surface area contributed by atoms with Crippen molar-refractivity contribution in [3.8, 4) is 11.5 Å². The molecule has 3 rings (SSSR count). The first-order valence-electron chi connectivity index (χ1n) is 9.37. The van der Waals surface area contributed by atoms with Crippen LogP contribution in [0.25, 0.3) is 0 Å². The molecule has 0 radical (unpaired) electrons. The lowest BCUT2D eigenvalue weighted by Gasteiger charge is -2.33. The monoisotopic (exact) mass is 411 g/mol. The quantitative estimate of drug-likeness (QED) is 0.707. The highest BCUT2D eigenvalue weighted by molar-refractivity contribution is 7.91. The number of methoxy groups -OCH3 is 1. The Labute approximate surface area is 164 Å². The molecule has 0 spiro atoms. The van der Waals surface area contributed by atoms with E-state index in [0.29, 0.717) is 6.42 Å². The summed E-state index contributed by atoms with van der Waals surface area (Å²) in [6, 6.07) is 4.02. The summed E-state index contributed by atoms with van der Waals surface area (Å²) < 4.78 is 33.8. The number of aromatic hydroxyl groups is 1. The number of hydrogen-bond acceptors (Lipinski definition) is 7. The van der Waals surface area contributed by atoms with Crippen LogP contribution >= 0.6 is 0 Å². The summed E-state index contributed by atoms with van der Waals surface area (Å²) >= 11 is 0. The minimum atomic E-state index is -3.14. The van der Waals surface area contributed by atoms with Gasteiger partial charge < -0.3 is 19.5 Å². The molecule has 1 atom stereocenters. The van der Waals surface area contributed by atoms with Crippen molar-refractivity contribution in [1.29, 1.82) is 0 Å². The number of sulfone groups is 1. The zero-order valence-corrected chi connectivity index (χ0v) is 16.6. The van der Waals surface area contributed by atoms with E-state index in [0.717, 1.165) is 25.7 Å². The molecule has 1 aromatic carbocycles. The molecule has 154 valence electrons. The fourth-order valence-electron chi connectivity index (χ4n) is 4.01. The number of amides is 1. The molecule has 28 heavy (non-hydrogen) atoms. The van der Waals surface area contributed by atoms with Crippen LogP contribution in [0.15, 0.2) is 18.2 Å². The van der Waals surface area contributed by atoms with Gasteiger partial charge in [0.1, 0.15) is 5.56 Å². The zero-order valence-electron chi connectivity index (χ0n) is 15.8. The van der Waals surface area contributed by atoms with Crippen LogP contribution in [0.4, 0.5) is 0 Å². The number of phenolic OH excluding ortho intramolecular Hbond substituents is 1. The molecule has 1 heterocycles. The number of para-hydroxylation sites is 1. The molecular weight excluding hydrogens is 386 g/mol. The van der Waals surface area contributed by atoms with E-state index in [9.17, 15) is 23.1 Å². The molecule has 1 aromatic rings. The Morgan fingerprint density at radius 2 is 1.89 bits per heavy atom. The summed E-state index contributed by atoms with van der Waals surface area (Å²) in [7, 11) is -1.78. The van der Waals surface area contributed by atoms with Crippen LogP contribution < -0.4 is 4.74 Å². The number of ether oxygens (including phenoxy) is 2. The smallest absolute Gasteiger partial charge is 0.342 e. The van der Waals surface area contributed by atoms with Crippen molar-refractivity contribution in [2.45, 2.75) is 44.2 Å². The Morgan fingerprint density at radius 1 is 1.18 bits per heavy atom. The predicted octanol–water partition coefficient (Wildman–Crippen LogP) is 1.52. The molecule has 1 aliphatic heterocycles.